The van der Waals surface area contributed by atoms with Crippen molar-refractivity contribution in [3.05, 3.63) is 30.7 Å². The number of piperidine rings is 1. The molecular formula is C21H29N5O2. The zero-order valence-corrected chi connectivity index (χ0v) is 16.7. The van der Waals surface area contributed by atoms with Crippen LogP contribution in [-0.4, -0.2) is 58.1 Å². The summed E-state index contributed by atoms with van der Waals surface area (Å²) in [4.78, 5) is 26.4. The first kappa shape index (κ1) is 18.9. The zero-order valence-electron chi connectivity index (χ0n) is 16.7. The lowest BCUT2D eigenvalue weighted by Crippen LogP contribution is -2.51. The van der Waals surface area contributed by atoms with Gasteiger partial charge in [0.15, 0.2) is 0 Å². The fourth-order valence-electron chi connectivity index (χ4n) is 4.66. The maximum atomic E-state index is 12.2. The van der Waals surface area contributed by atoms with Crippen LogP contribution in [0.2, 0.25) is 0 Å². The maximum absolute atomic E-state index is 12.2. The van der Waals surface area contributed by atoms with Crippen LogP contribution in [-0.2, 0) is 9.53 Å². The summed E-state index contributed by atoms with van der Waals surface area (Å²) in [5.41, 5.74) is 2.14. The summed E-state index contributed by atoms with van der Waals surface area (Å²) in [6.07, 6.45) is 8.06. The number of fused-ring (bicyclic) bond motifs is 1. The third kappa shape index (κ3) is 3.76. The minimum atomic E-state index is -0.0167. The Hall–Kier alpha value is -2.41. The molecule has 7 heteroatoms. The maximum Gasteiger partial charge on any atom is 0.246 e. The molecule has 2 N–H and O–H groups in total. The van der Waals surface area contributed by atoms with Gasteiger partial charge in [0, 0.05) is 38.5 Å². The number of carbonyl (C=O) groups is 1. The van der Waals surface area contributed by atoms with Crippen LogP contribution in [0.5, 0.6) is 0 Å². The van der Waals surface area contributed by atoms with Crippen LogP contribution in [0.25, 0.3) is 11.0 Å². The van der Waals surface area contributed by atoms with Crippen LogP contribution >= 0.6 is 0 Å². The van der Waals surface area contributed by atoms with Crippen molar-refractivity contribution in [1.29, 1.82) is 0 Å². The Morgan fingerprint density at radius 1 is 1.39 bits per heavy atom. The van der Waals surface area contributed by atoms with Gasteiger partial charge in [-0.1, -0.05) is 20.4 Å². The first-order valence-corrected chi connectivity index (χ1v) is 10.0. The molecular weight excluding hydrogens is 354 g/mol. The molecule has 1 amide bonds. The first-order chi connectivity index (χ1) is 13.5. The van der Waals surface area contributed by atoms with E-state index < -0.39 is 0 Å². The number of nitrogens with one attached hydrogen (secondary N) is 2. The molecule has 1 unspecified atom stereocenters. The van der Waals surface area contributed by atoms with Crippen LogP contribution in [0.4, 0.5) is 5.82 Å². The highest BCUT2D eigenvalue weighted by atomic mass is 16.5. The van der Waals surface area contributed by atoms with Crippen LogP contribution in [0, 0.1) is 5.41 Å². The van der Waals surface area contributed by atoms with E-state index in [1.54, 1.807) is 6.33 Å². The SMILES string of the molecule is C=CC(=O)N1CC(Nc2ncnc3[nH]cc(C4CCOCC4)c23)CC(C)(C)C1. The second kappa shape index (κ2) is 7.54. The lowest BCUT2D eigenvalue weighted by Gasteiger charge is -2.42. The molecule has 0 aromatic carbocycles. The van der Waals surface area contributed by atoms with E-state index in [9.17, 15) is 4.79 Å². The molecule has 2 aromatic heterocycles. The minimum Gasteiger partial charge on any atom is -0.381 e. The number of aromatic nitrogens is 3. The predicted molar refractivity (Wildman–Crippen MR) is 109 cm³/mol. The average Bonchev–Trinajstić information content (AvgIpc) is 3.12. The number of rotatable bonds is 4. The van der Waals surface area contributed by atoms with Crippen molar-refractivity contribution in [1.82, 2.24) is 19.9 Å². The van der Waals surface area contributed by atoms with Gasteiger partial charge >= 0.3 is 0 Å². The molecule has 2 aliphatic rings. The van der Waals surface area contributed by atoms with Crippen LogP contribution in [0.15, 0.2) is 25.2 Å². The molecule has 0 radical (unpaired) electrons. The Labute approximate surface area is 165 Å². The van der Waals surface area contributed by atoms with E-state index in [0.717, 1.165) is 55.9 Å². The highest BCUT2D eigenvalue weighted by molar-refractivity contribution is 5.91. The number of hydrogen-bond acceptors (Lipinski definition) is 5. The van der Waals surface area contributed by atoms with Gasteiger partial charge in [0.2, 0.25) is 5.91 Å². The Morgan fingerprint density at radius 3 is 2.93 bits per heavy atom. The molecule has 0 bridgehead atoms. The van der Waals surface area contributed by atoms with Crippen LogP contribution < -0.4 is 5.32 Å². The predicted octanol–water partition coefficient (Wildman–Crippen LogP) is 3.08. The molecule has 0 aliphatic carbocycles. The Morgan fingerprint density at radius 2 is 2.18 bits per heavy atom. The van der Waals surface area contributed by atoms with Crippen molar-refractivity contribution in [2.75, 3.05) is 31.6 Å². The van der Waals surface area contributed by atoms with E-state index in [0.29, 0.717) is 12.5 Å². The molecule has 0 saturated carbocycles. The first-order valence-electron chi connectivity index (χ1n) is 10.0. The summed E-state index contributed by atoms with van der Waals surface area (Å²) >= 11 is 0. The molecule has 2 aromatic rings. The molecule has 7 nitrogen and oxygen atoms in total. The minimum absolute atomic E-state index is 0.0167. The van der Waals surface area contributed by atoms with E-state index in [4.69, 9.17) is 4.74 Å². The van der Waals surface area contributed by atoms with Crippen LogP contribution in [0.3, 0.4) is 0 Å². The molecule has 1 atom stereocenters. The average molecular weight is 383 g/mol. The number of hydrogen-bond donors (Lipinski definition) is 2. The van der Waals surface area contributed by atoms with Crippen molar-refractivity contribution in [3.8, 4) is 0 Å². The summed E-state index contributed by atoms with van der Waals surface area (Å²) in [5, 5.41) is 4.69. The number of anilines is 1. The van der Waals surface area contributed by atoms with Gasteiger partial charge in [0.1, 0.15) is 17.8 Å². The third-order valence-corrected chi connectivity index (χ3v) is 5.85. The van der Waals surface area contributed by atoms with Crippen molar-refractivity contribution in [2.45, 2.75) is 45.1 Å². The van der Waals surface area contributed by atoms with E-state index >= 15 is 0 Å². The molecule has 150 valence electrons. The van der Waals surface area contributed by atoms with Gasteiger partial charge in [0.05, 0.1) is 5.39 Å². The topological polar surface area (TPSA) is 83.1 Å². The third-order valence-electron chi connectivity index (χ3n) is 5.85. The molecule has 4 heterocycles. The number of aromatic amines is 1. The zero-order chi connectivity index (χ0) is 19.7. The highest BCUT2D eigenvalue weighted by Crippen LogP contribution is 2.36. The molecule has 2 saturated heterocycles. The Balaban J connectivity index is 1.62. The normalized spacial score (nSPS) is 22.9. The van der Waals surface area contributed by atoms with E-state index in [1.165, 1.54) is 11.6 Å². The molecule has 28 heavy (non-hydrogen) atoms. The smallest absolute Gasteiger partial charge is 0.246 e. The standard InChI is InChI=1S/C21H29N5O2/c1-4-17(27)26-11-15(9-21(2,3)12-26)25-20-18-16(14-5-7-28-8-6-14)10-22-19(18)23-13-24-20/h4,10,13-15H,1,5-9,11-12H2,2-3H3,(H2,22,23,24,25). The summed E-state index contributed by atoms with van der Waals surface area (Å²) in [5.74, 6) is 1.29. The fraction of sp³-hybridized carbons (Fsp3) is 0.571. The lowest BCUT2D eigenvalue weighted by molar-refractivity contribution is -0.129. The number of ether oxygens (including phenoxy) is 1. The molecule has 2 fully saturated rings. The van der Waals surface area contributed by atoms with Crippen LogP contribution in [0.1, 0.15) is 44.6 Å². The number of nitrogens with zero attached hydrogens (tertiary/aromatic N) is 3. The number of H-pyrrole nitrogens is 1. The van der Waals surface area contributed by atoms with E-state index in [-0.39, 0.29) is 17.4 Å². The second-order valence-corrected chi connectivity index (χ2v) is 8.71. The number of amides is 1. The number of likely N-dealkylation sites (tertiary alicyclic amines) is 1. The van der Waals surface area contributed by atoms with E-state index in [1.807, 2.05) is 4.90 Å². The summed E-state index contributed by atoms with van der Waals surface area (Å²) in [7, 11) is 0. The van der Waals surface area contributed by atoms with Gasteiger partial charge in [0.25, 0.3) is 0 Å². The summed E-state index contributed by atoms with van der Waals surface area (Å²) in [6, 6.07) is 0.128. The second-order valence-electron chi connectivity index (χ2n) is 8.71. The number of carbonyl (C=O) groups excluding carboxylic acids is 1. The fourth-order valence-corrected chi connectivity index (χ4v) is 4.66. The molecule has 4 rings (SSSR count). The quantitative estimate of drug-likeness (QED) is 0.793. The van der Waals surface area contributed by atoms with Crippen molar-refractivity contribution < 1.29 is 9.53 Å². The molecule has 0 spiro atoms. The van der Waals surface area contributed by atoms with Gasteiger partial charge in [-0.3, -0.25) is 4.79 Å². The Bertz CT molecular complexity index is 869. The van der Waals surface area contributed by atoms with Gasteiger partial charge in [-0.05, 0) is 42.2 Å². The van der Waals surface area contributed by atoms with Crippen molar-refractivity contribution >= 4 is 22.8 Å². The Kier molecular flexibility index (Phi) is 5.10. The van der Waals surface area contributed by atoms with Crippen molar-refractivity contribution in [3.63, 3.8) is 0 Å². The van der Waals surface area contributed by atoms with Gasteiger partial charge in [-0.2, -0.15) is 0 Å². The van der Waals surface area contributed by atoms with Gasteiger partial charge < -0.3 is 19.9 Å². The van der Waals surface area contributed by atoms with Gasteiger partial charge in [-0.15, -0.1) is 0 Å². The monoisotopic (exact) mass is 383 g/mol. The highest BCUT2D eigenvalue weighted by Gasteiger charge is 2.35. The van der Waals surface area contributed by atoms with E-state index in [2.05, 4.69) is 46.9 Å². The summed E-state index contributed by atoms with van der Waals surface area (Å²) < 4.78 is 5.53. The molecule has 2 aliphatic heterocycles. The van der Waals surface area contributed by atoms with Crippen molar-refractivity contribution in [2.24, 2.45) is 5.41 Å². The van der Waals surface area contributed by atoms with Gasteiger partial charge in [-0.25, -0.2) is 9.97 Å². The lowest BCUT2D eigenvalue weighted by atomic mass is 9.81. The summed E-state index contributed by atoms with van der Waals surface area (Å²) in [6.45, 7) is 11.0. The largest absolute Gasteiger partial charge is 0.381 e.